The van der Waals surface area contributed by atoms with Crippen molar-refractivity contribution in [3.05, 3.63) is 30.1 Å². The lowest BCUT2D eigenvalue weighted by Gasteiger charge is -2.15. The third-order valence-electron chi connectivity index (χ3n) is 5.88. The molecule has 3 aromatic rings. The highest BCUT2D eigenvalue weighted by Crippen LogP contribution is 2.45. The first-order valence-electron chi connectivity index (χ1n) is 10.2. The van der Waals surface area contributed by atoms with Gasteiger partial charge in [0.15, 0.2) is 11.5 Å². The molecule has 0 unspecified atom stereocenters. The number of likely N-dealkylation sites (tertiary alicyclic amines) is 1. The van der Waals surface area contributed by atoms with Gasteiger partial charge in [0.2, 0.25) is 0 Å². The van der Waals surface area contributed by atoms with Gasteiger partial charge in [-0.15, -0.1) is 0 Å². The highest BCUT2D eigenvalue weighted by atomic mass is 19.1. The van der Waals surface area contributed by atoms with E-state index < -0.39 is 6.17 Å². The van der Waals surface area contributed by atoms with Crippen LogP contribution < -0.4 is 9.47 Å². The highest BCUT2D eigenvalue weighted by Gasteiger charge is 2.28. The fourth-order valence-electron chi connectivity index (χ4n) is 4.28. The maximum Gasteiger partial charge on any atom is 0.163 e. The summed E-state index contributed by atoms with van der Waals surface area (Å²) in [4.78, 5) is 10.3. The van der Waals surface area contributed by atoms with E-state index in [1.54, 1.807) is 7.11 Å². The smallest absolute Gasteiger partial charge is 0.163 e. The summed E-state index contributed by atoms with van der Waals surface area (Å²) in [5.74, 6) is 2.07. The Bertz CT molecular complexity index is 998. The number of benzene rings is 1. The first kappa shape index (κ1) is 17.7. The van der Waals surface area contributed by atoms with Crippen molar-refractivity contribution >= 4 is 21.8 Å². The predicted molar refractivity (Wildman–Crippen MR) is 108 cm³/mol. The van der Waals surface area contributed by atoms with E-state index in [1.165, 1.54) is 23.9 Å². The van der Waals surface area contributed by atoms with E-state index in [-0.39, 0.29) is 0 Å². The Labute approximate surface area is 163 Å². The molecule has 1 aromatic carbocycles. The Morgan fingerprint density at radius 1 is 1.21 bits per heavy atom. The summed E-state index contributed by atoms with van der Waals surface area (Å²) in [6, 6.07) is 6.12. The van der Waals surface area contributed by atoms with Crippen LogP contribution in [0.1, 0.15) is 37.3 Å². The van der Waals surface area contributed by atoms with Crippen LogP contribution in [0.25, 0.3) is 21.8 Å². The molecule has 148 valence electrons. The van der Waals surface area contributed by atoms with E-state index in [0.717, 1.165) is 47.4 Å². The average molecular weight is 383 g/mol. The largest absolute Gasteiger partial charge is 0.493 e. The monoisotopic (exact) mass is 383 g/mol. The molecule has 2 fully saturated rings. The molecule has 1 N–H and O–H groups in total. The topological polar surface area (TPSA) is 50.4 Å². The number of rotatable bonds is 7. The lowest BCUT2D eigenvalue weighted by atomic mass is 10.1. The lowest BCUT2D eigenvalue weighted by Crippen LogP contribution is -2.23. The van der Waals surface area contributed by atoms with Crippen LogP contribution in [0.5, 0.6) is 11.5 Å². The minimum atomic E-state index is -0.666. The molecular weight excluding hydrogens is 357 g/mol. The van der Waals surface area contributed by atoms with Gasteiger partial charge in [0.25, 0.3) is 0 Å². The first-order chi connectivity index (χ1) is 13.7. The Kier molecular flexibility index (Phi) is 4.59. The molecule has 2 aliphatic rings. The molecule has 1 saturated heterocycles. The van der Waals surface area contributed by atoms with Gasteiger partial charge in [-0.25, -0.2) is 4.39 Å². The molecule has 3 heterocycles. The van der Waals surface area contributed by atoms with Crippen molar-refractivity contribution in [2.45, 2.75) is 37.8 Å². The van der Waals surface area contributed by atoms with Crippen molar-refractivity contribution in [2.24, 2.45) is 0 Å². The first-order valence-corrected chi connectivity index (χ1v) is 10.2. The number of aromatic amines is 1. The standard InChI is InChI=1S/C22H26FN3O2/c1-27-19-11-16-18(25-17-5-7-24-22(21(16)17)14-3-4-14)12-20(19)28-10-2-8-26-9-6-15(23)13-26/h5,7,11-12,14-15,25H,2-4,6,8-10,13H2,1H3/t15-/m1/s1. The van der Waals surface area contributed by atoms with E-state index in [9.17, 15) is 4.39 Å². The van der Waals surface area contributed by atoms with Crippen LogP contribution in [0.3, 0.4) is 0 Å². The fraction of sp³-hybridized carbons (Fsp3) is 0.500. The van der Waals surface area contributed by atoms with Crippen LogP contribution in [0.2, 0.25) is 0 Å². The number of fused-ring (bicyclic) bond motifs is 3. The molecular formula is C22H26FN3O2. The number of aromatic nitrogens is 2. The van der Waals surface area contributed by atoms with Gasteiger partial charge in [0.1, 0.15) is 6.17 Å². The SMILES string of the molecule is COc1cc2c(cc1OCCCN1CC[C@@H](F)C1)[nH]c1ccnc(C3CC3)c12. The molecule has 5 rings (SSSR count). The zero-order valence-corrected chi connectivity index (χ0v) is 16.2. The number of ether oxygens (including phenoxy) is 2. The van der Waals surface area contributed by atoms with Crippen LogP contribution >= 0.6 is 0 Å². The van der Waals surface area contributed by atoms with Gasteiger partial charge in [-0.1, -0.05) is 0 Å². The van der Waals surface area contributed by atoms with Crippen molar-refractivity contribution in [3.8, 4) is 11.5 Å². The van der Waals surface area contributed by atoms with E-state index in [4.69, 9.17) is 9.47 Å². The van der Waals surface area contributed by atoms with E-state index in [1.807, 2.05) is 18.3 Å². The average Bonchev–Trinajstić information content (AvgIpc) is 3.37. The van der Waals surface area contributed by atoms with Crippen LogP contribution in [0.15, 0.2) is 24.4 Å². The number of nitrogens with zero attached hydrogens (tertiary/aromatic N) is 2. The van der Waals surface area contributed by atoms with E-state index >= 15 is 0 Å². The second kappa shape index (κ2) is 7.24. The van der Waals surface area contributed by atoms with Gasteiger partial charge in [0.05, 0.1) is 24.9 Å². The van der Waals surface area contributed by atoms with Crippen molar-refractivity contribution in [3.63, 3.8) is 0 Å². The Morgan fingerprint density at radius 3 is 2.86 bits per heavy atom. The summed E-state index contributed by atoms with van der Waals surface area (Å²) in [7, 11) is 1.68. The second-order valence-corrected chi connectivity index (χ2v) is 7.96. The summed E-state index contributed by atoms with van der Waals surface area (Å²) < 4.78 is 24.9. The van der Waals surface area contributed by atoms with Crippen LogP contribution in [-0.2, 0) is 0 Å². The van der Waals surface area contributed by atoms with Crippen molar-refractivity contribution in [1.29, 1.82) is 0 Å². The number of methoxy groups -OCH3 is 1. The molecule has 0 spiro atoms. The Balaban J connectivity index is 1.37. The van der Waals surface area contributed by atoms with E-state index in [2.05, 4.69) is 20.9 Å². The van der Waals surface area contributed by atoms with Crippen LogP contribution in [-0.4, -0.2) is 54.4 Å². The molecule has 0 bridgehead atoms. The summed E-state index contributed by atoms with van der Waals surface area (Å²) in [5.41, 5.74) is 3.35. The molecule has 28 heavy (non-hydrogen) atoms. The third kappa shape index (κ3) is 3.30. The minimum absolute atomic E-state index is 0.557. The summed E-state index contributed by atoms with van der Waals surface area (Å²) in [6.07, 6.45) is 5.19. The van der Waals surface area contributed by atoms with Crippen molar-refractivity contribution < 1.29 is 13.9 Å². The number of pyridine rings is 1. The molecule has 1 aliphatic carbocycles. The maximum atomic E-state index is 13.3. The van der Waals surface area contributed by atoms with Gasteiger partial charge >= 0.3 is 0 Å². The molecule has 1 aliphatic heterocycles. The molecule has 1 saturated carbocycles. The van der Waals surface area contributed by atoms with E-state index in [0.29, 0.717) is 25.5 Å². The number of nitrogens with one attached hydrogen (secondary N) is 1. The molecule has 2 aromatic heterocycles. The summed E-state index contributed by atoms with van der Waals surface area (Å²) in [5, 5.41) is 2.35. The van der Waals surface area contributed by atoms with Crippen LogP contribution in [0.4, 0.5) is 4.39 Å². The van der Waals surface area contributed by atoms with Gasteiger partial charge in [-0.3, -0.25) is 4.98 Å². The Morgan fingerprint density at radius 2 is 2.11 bits per heavy atom. The maximum absolute atomic E-state index is 13.3. The van der Waals surface area contributed by atoms with Crippen molar-refractivity contribution in [1.82, 2.24) is 14.9 Å². The molecule has 0 amide bonds. The third-order valence-corrected chi connectivity index (χ3v) is 5.88. The van der Waals surface area contributed by atoms with Gasteiger partial charge < -0.3 is 19.4 Å². The number of hydrogen-bond donors (Lipinski definition) is 1. The number of H-pyrrole nitrogens is 1. The van der Waals surface area contributed by atoms with Gasteiger partial charge in [-0.2, -0.15) is 0 Å². The van der Waals surface area contributed by atoms with Gasteiger partial charge in [-0.05, 0) is 37.8 Å². The second-order valence-electron chi connectivity index (χ2n) is 7.96. The zero-order valence-electron chi connectivity index (χ0n) is 16.2. The quantitative estimate of drug-likeness (QED) is 0.614. The normalized spacial score (nSPS) is 20.3. The van der Waals surface area contributed by atoms with Crippen molar-refractivity contribution in [2.75, 3.05) is 33.4 Å². The lowest BCUT2D eigenvalue weighted by molar-refractivity contribution is 0.243. The molecule has 0 radical (unpaired) electrons. The predicted octanol–water partition coefficient (Wildman–Crippen LogP) is 4.41. The Hall–Kier alpha value is -2.34. The number of halogens is 1. The molecule has 6 heteroatoms. The summed E-state index contributed by atoms with van der Waals surface area (Å²) >= 11 is 0. The highest BCUT2D eigenvalue weighted by molar-refractivity contribution is 6.09. The number of alkyl halides is 1. The minimum Gasteiger partial charge on any atom is -0.493 e. The van der Waals surface area contributed by atoms with Gasteiger partial charge in [0, 0.05) is 54.1 Å². The fourth-order valence-corrected chi connectivity index (χ4v) is 4.28. The van der Waals surface area contributed by atoms with Crippen LogP contribution in [0, 0.1) is 0 Å². The number of hydrogen-bond acceptors (Lipinski definition) is 4. The summed E-state index contributed by atoms with van der Waals surface area (Å²) in [6.45, 7) is 2.86. The zero-order chi connectivity index (χ0) is 19.1. The molecule has 5 nitrogen and oxygen atoms in total. The molecule has 1 atom stereocenters.